The van der Waals surface area contributed by atoms with Crippen molar-refractivity contribution in [2.45, 2.75) is 18.7 Å². The van der Waals surface area contributed by atoms with Gasteiger partial charge >= 0.3 is 5.97 Å². The highest BCUT2D eigenvalue weighted by molar-refractivity contribution is 7.89. The molecular formula is C20H25N3O5S. The maximum Gasteiger partial charge on any atom is 0.321 e. The number of aryl methyl sites for hydroxylation is 2. The summed E-state index contributed by atoms with van der Waals surface area (Å²) in [6.07, 6.45) is 0. The Hall–Kier alpha value is -2.91. The largest absolute Gasteiger partial charge is 0.455 e. The minimum Gasteiger partial charge on any atom is -0.455 e. The second kappa shape index (κ2) is 9.53. The maximum absolute atomic E-state index is 12.4. The third-order valence-electron chi connectivity index (χ3n) is 4.07. The number of hydrogen-bond donors (Lipinski definition) is 2. The molecule has 0 fully saturated rings. The Morgan fingerprint density at radius 3 is 2.31 bits per heavy atom. The lowest BCUT2D eigenvalue weighted by Gasteiger charge is -2.13. The van der Waals surface area contributed by atoms with Gasteiger partial charge in [-0.1, -0.05) is 12.1 Å². The zero-order valence-electron chi connectivity index (χ0n) is 16.9. The zero-order chi connectivity index (χ0) is 21.6. The molecule has 0 aliphatic rings. The normalized spacial score (nSPS) is 11.0. The van der Waals surface area contributed by atoms with E-state index in [4.69, 9.17) is 4.74 Å². The van der Waals surface area contributed by atoms with E-state index >= 15 is 0 Å². The molecule has 0 radical (unpaired) electrons. The highest BCUT2D eigenvalue weighted by Crippen LogP contribution is 2.17. The highest BCUT2D eigenvalue weighted by Gasteiger charge is 2.19. The third-order valence-corrected chi connectivity index (χ3v) is 5.61. The van der Waals surface area contributed by atoms with Crippen molar-refractivity contribution in [3.8, 4) is 0 Å². The molecule has 2 aromatic rings. The molecule has 0 aromatic heterocycles. The highest BCUT2D eigenvalue weighted by atomic mass is 32.2. The first-order chi connectivity index (χ1) is 13.6. The quantitative estimate of drug-likeness (QED) is 0.633. The van der Waals surface area contributed by atoms with E-state index in [-0.39, 0.29) is 4.90 Å². The predicted molar refractivity (Wildman–Crippen MR) is 111 cm³/mol. The molecule has 2 rings (SSSR count). The van der Waals surface area contributed by atoms with Gasteiger partial charge in [0.2, 0.25) is 10.0 Å². The lowest BCUT2D eigenvalue weighted by Crippen LogP contribution is -2.32. The standard InChI is InChI=1S/C20H25N3O5S/c1-14-5-6-15(2)18(11-14)29(26,27)21-12-20(25)28-13-19(24)22-16-7-9-17(10-8-16)23(3)4/h5-11,21H,12-13H2,1-4H3,(H,22,24). The zero-order valence-corrected chi connectivity index (χ0v) is 17.7. The summed E-state index contributed by atoms with van der Waals surface area (Å²) in [5, 5.41) is 2.60. The summed E-state index contributed by atoms with van der Waals surface area (Å²) in [5.41, 5.74) is 2.89. The Morgan fingerprint density at radius 2 is 1.69 bits per heavy atom. The second-order valence-electron chi connectivity index (χ2n) is 6.74. The van der Waals surface area contributed by atoms with E-state index in [2.05, 4.69) is 10.0 Å². The number of nitrogens with one attached hydrogen (secondary N) is 2. The summed E-state index contributed by atoms with van der Waals surface area (Å²) >= 11 is 0. The number of hydrogen-bond acceptors (Lipinski definition) is 6. The van der Waals surface area contributed by atoms with Crippen molar-refractivity contribution < 1.29 is 22.7 Å². The minimum absolute atomic E-state index is 0.101. The van der Waals surface area contributed by atoms with Gasteiger partial charge in [-0.15, -0.1) is 0 Å². The van der Waals surface area contributed by atoms with E-state index in [1.54, 1.807) is 38.1 Å². The average molecular weight is 420 g/mol. The SMILES string of the molecule is Cc1ccc(C)c(S(=O)(=O)NCC(=O)OCC(=O)Nc2ccc(N(C)C)cc2)c1. The summed E-state index contributed by atoms with van der Waals surface area (Å²) in [6.45, 7) is 2.36. The van der Waals surface area contributed by atoms with Crippen LogP contribution in [0.15, 0.2) is 47.4 Å². The van der Waals surface area contributed by atoms with Crippen LogP contribution in [0.2, 0.25) is 0 Å². The van der Waals surface area contributed by atoms with E-state index < -0.39 is 35.1 Å². The van der Waals surface area contributed by atoms with Crippen LogP contribution in [-0.2, 0) is 24.3 Å². The van der Waals surface area contributed by atoms with Crippen molar-refractivity contribution in [1.82, 2.24) is 4.72 Å². The van der Waals surface area contributed by atoms with Crippen LogP contribution in [0.25, 0.3) is 0 Å². The number of rotatable bonds is 8. The van der Waals surface area contributed by atoms with Crippen LogP contribution in [0, 0.1) is 13.8 Å². The molecule has 8 nitrogen and oxygen atoms in total. The number of anilines is 2. The lowest BCUT2D eigenvalue weighted by atomic mass is 10.2. The summed E-state index contributed by atoms with van der Waals surface area (Å²) in [4.78, 5) is 25.7. The van der Waals surface area contributed by atoms with Crippen molar-refractivity contribution >= 4 is 33.3 Å². The topological polar surface area (TPSA) is 105 Å². The van der Waals surface area contributed by atoms with Gasteiger partial charge in [0, 0.05) is 25.5 Å². The van der Waals surface area contributed by atoms with Crippen LogP contribution in [0.1, 0.15) is 11.1 Å². The summed E-state index contributed by atoms with van der Waals surface area (Å²) < 4.78 is 31.8. The Balaban J connectivity index is 1.83. The molecule has 156 valence electrons. The molecule has 0 heterocycles. The van der Waals surface area contributed by atoms with Gasteiger partial charge in [-0.25, -0.2) is 8.42 Å². The molecule has 0 saturated carbocycles. The van der Waals surface area contributed by atoms with Crippen LogP contribution in [0.5, 0.6) is 0 Å². The van der Waals surface area contributed by atoms with Gasteiger partial charge < -0.3 is 15.0 Å². The van der Waals surface area contributed by atoms with Crippen LogP contribution in [0.3, 0.4) is 0 Å². The maximum atomic E-state index is 12.4. The Labute approximate surface area is 170 Å². The molecule has 0 atom stereocenters. The molecule has 0 bridgehead atoms. The Morgan fingerprint density at radius 1 is 1.03 bits per heavy atom. The predicted octanol–water partition coefficient (Wildman–Crippen LogP) is 1.83. The second-order valence-corrected chi connectivity index (χ2v) is 8.48. The summed E-state index contributed by atoms with van der Waals surface area (Å²) in [5.74, 6) is -1.37. The molecule has 0 spiro atoms. The van der Waals surface area contributed by atoms with Gasteiger partial charge in [0.15, 0.2) is 6.61 Å². The molecule has 29 heavy (non-hydrogen) atoms. The van der Waals surface area contributed by atoms with Crippen LogP contribution in [0.4, 0.5) is 11.4 Å². The fourth-order valence-electron chi connectivity index (χ4n) is 2.47. The van der Waals surface area contributed by atoms with Crippen molar-refractivity contribution in [3.63, 3.8) is 0 Å². The van der Waals surface area contributed by atoms with Crippen molar-refractivity contribution in [3.05, 3.63) is 53.6 Å². The molecule has 0 unspecified atom stereocenters. The molecule has 1 amide bonds. The smallest absolute Gasteiger partial charge is 0.321 e. The monoisotopic (exact) mass is 419 g/mol. The Kier molecular flexibility index (Phi) is 7.35. The minimum atomic E-state index is -3.86. The van der Waals surface area contributed by atoms with Crippen molar-refractivity contribution in [2.75, 3.05) is 37.5 Å². The number of carbonyl (C=O) groups is 2. The fraction of sp³-hybridized carbons (Fsp3) is 0.300. The molecular weight excluding hydrogens is 394 g/mol. The first-order valence-corrected chi connectivity index (χ1v) is 10.4. The molecule has 0 aliphatic heterocycles. The average Bonchev–Trinajstić information content (AvgIpc) is 2.67. The number of nitrogens with zero attached hydrogens (tertiary/aromatic N) is 1. The van der Waals surface area contributed by atoms with Gasteiger partial charge in [-0.05, 0) is 55.3 Å². The molecule has 2 N–H and O–H groups in total. The summed E-state index contributed by atoms with van der Waals surface area (Å²) in [7, 11) is -0.0535. The van der Waals surface area contributed by atoms with E-state index in [0.717, 1.165) is 11.3 Å². The van der Waals surface area contributed by atoms with Gasteiger partial charge in [0.05, 0.1) is 4.90 Å². The van der Waals surface area contributed by atoms with Crippen molar-refractivity contribution in [2.24, 2.45) is 0 Å². The first kappa shape index (κ1) is 22.4. The van der Waals surface area contributed by atoms with Crippen molar-refractivity contribution in [1.29, 1.82) is 0 Å². The van der Waals surface area contributed by atoms with E-state index in [1.165, 1.54) is 6.07 Å². The number of carbonyl (C=O) groups excluding carboxylic acids is 2. The number of esters is 1. The van der Waals surface area contributed by atoms with Crippen LogP contribution in [-0.4, -0.2) is 47.5 Å². The van der Waals surface area contributed by atoms with E-state index in [9.17, 15) is 18.0 Å². The third kappa shape index (κ3) is 6.58. The summed E-state index contributed by atoms with van der Waals surface area (Å²) in [6, 6.07) is 12.2. The van der Waals surface area contributed by atoms with Gasteiger partial charge in [0.25, 0.3) is 5.91 Å². The molecule has 0 aliphatic carbocycles. The van der Waals surface area contributed by atoms with Gasteiger partial charge in [0.1, 0.15) is 6.54 Å². The van der Waals surface area contributed by atoms with Crippen LogP contribution >= 0.6 is 0 Å². The Bertz CT molecular complexity index is 986. The van der Waals surface area contributed by atoms with Gasteiger partial charge in [-0.2, -0.15) is 4.72 Å². The van der Waals surface area contributed by atoms with E-state index in [1.807, 2.05) is 31.1 Å². The molecule has 9 heteroatoms. The fourth-order valence-corrected chi connectivity index (χ4v) is 3.76. The first-order valence-electron chi connectivity index (χ1n) is 8.88. The molecule has 2 aromatic carbocycles. The van der Waals surface area contributed by atoms with Gasteiger partial charge in [-0.3, -0.25) is 9.59 Å². The number of amides is 1. The number of benzene rings is 2. The number of sulfonamides is 1. The van der Waals surface area contributed by atoms with Crippen LogP contribution < -0.4 is 14.9 Å². The molecule has 0 saturated heterocycles. The number of ether oxygens (including phenoxy) is 1. The van der Waals surface area contributed by atoms with E-state index in [0.29, 0.717) is 11.3 Å². The lowest BCUT2D eigenvalue weighted by molar-refractivity contribution is -0.146.